The van der Waals surface area contributed by atoms with Crippen LogP contribution in [0.15, 0.2) is 24.5 Å². The molecule has 1 aliphatic heterocycles. The number of piperidine rings is 1. The van der Waals surface area contributed by atoms with Crippen LogP contribution in [0, 0.1) is 0 Å². The third-order valence-corrected chi connectivity index (χ3v) is 3.37. The second-order valence-corrected chi connectivity index (χ2v) is 4.60. The molecule has 18 heavy (non-hydrogen) atoms. The number of hydrogen-bond acceptors (Lipinski definition) is 3. The van der Waals surface area contributed by atoms with Crippen molar-refractivity contribution in [3.63, 3.8) is 0 Å². The summed E-state index contributed by atoms with van der Waals surface area (Å²) in [5, 5.41) is 6.37. The third kappa shape index (κ3) is 2.09. The van der Waals surface area contributed by atoms with E-state index >= 15 is 0 Å². The number of hydrogen-bond donors (Lipinski definition) is 3. The Labute approximate surface area is 105 Å². The van der Waals surface area contributed by atoms with E-state index in [1.165, 1.54) is 0 Å². The van der Waals surface area contributed by atoms with Crippen molar-refractivity contribution in [2.75, 3.05) is 13.1 Å². The van der Waals surface area contributed by atoms with Gasteiger partial charge in [0.15, 0.2) is 0 Å². The summed E-state index contributed by atoms with van der Waals surface area (Å²) in [6.45, 7) is 1.94. The fourth-order valence-electron chi connectivity index (χ4n) is 2.38. The van der Waals surface area contributed by atoms with Crippen LogP contribution in [0.2, 0.25) is 0 Å². The summed E-state index contributed by atoms with van der Waals surface area (Å²) < 4.78 is 0. The van der Waals surface area contributed by atoms with Crippen LogP contribution in [0.1, 0.15) is 23.2 Å². The number of aromatic amines is 1. The monoisotopic (exact) mass is 244 g/mol. The number of nitrogens with zero attached hydrogens (tertiary/aromatic N) is 1. The number of H-pyrrole nitrogens is 1. The fraction of sp³-hybridized carbons (Fsp3) is 0.385. The SMILES string of the molecule is O=C(NC1CCNCC1)c1cccc2[nH]cnc12. The van der Waals surface area contributed by atoms with Crippen molar-refractivity contribution in [2.24, 2.45) is 0 Å². The van der Waals surface area contributed by atoms with Crippen molar-refractivity contribution in [1.82, 2.24) is 20.6 Å². The molecule has 1 aromatic heterocycles. The first-order chi connectivity index (χ1) is 8.84. The van der Waals surface area contributed by atoms with Crippen LogP contribution >= 0.6 is 0 Å². The van der Waals surface area contributed by atoms with E-state index in [9.17, 15) is 4.79 Å². The highest BCUT2D eigenvalue weighted by molar-refractivity contribution is 6.04. The summed E-state index contributed by atoms with van der Waals surface area (Å²) in [5.41, 5.74) is 2.28. The van der Waals surface area contributed by atoms with E-state index in [2.05, 4.69) is 20.6 Å². The normalized spacial score (nSPS) is 16.9. The molecule has 0 atom stereocenters. The molecule has 3 N–H and O–H groups in total. The van der Waals surface area contributed by atoms with Crippen molar-refractivity contribution in [3.05, 3.63) is 30.1 Å². The molecule has 1 aromatic carbocycles. The van der Waals surface area contributed by atoms with Crippen LogP contribution in [0.3, 0.4) is 0 Å². The van der Waals surface area contributed by atoms with Crippen LogP contribution in [0.5, 0.6) is 0 Å². The number of nitrogens with one attached hydrogen (secondary N) is 3. The largest absolute Gasteiger partial charge is 0.349 e. The zero-order valence-corrected chi connectivity index (χ0v) is 10.1. The van der Waals surface area contributed by atoms with Crippen molar-refractivity contribution < 1.29 is 4.79 Å². The molecular formula is C13H16N4O. The molecule has 1 fully saturated rings. The Morgan fingerprint density at radius 1 is 1.33 bits per heavy atom. The first-order valence-electron chi connectivity index (χ1n) is 6.28. The highest BCUT2D eigenvalue weighted by atomic mass is 16.1. The van der Waals surface area contributed by atoms with E-state index in [1.54, 1.807) is 6.33 Å². The van der Waals surface area contributed by atoms with Crippen LogP contribution < -0.4 is 10.6 Å². The quantitative estimate of drug-likeness (QED) is 0.739. The lowest BCUT2D eigenvalue weighted by Gasteiger charge is -2.23. The Kier molecular flexibility index (Phi) is 2.98. The predicted octanol–water partition coefficient (Wildman–Crippen LogP) is 1.04. The van der Waals surface area contributed by atoms with Crippen molar-refractivity contribution in [1.29, 1.82) is 0 Å². The van der Waals surface area contributed by atoms with Gasteiger partial charge in [0.1, 0.15) is 5.52 Å². The van der Waals surface area contributed by atoms with E-state index in [0.717, 1.165) is 37.0 Å². The second kappa shape index (κ2) is 4.78. The average molecular weight is 244 g/mol. The van der Waals surface area contributed by atoms with Crippen molar-refractivity contribution in [3.8, 4) is 0 Å². The number of rotatable bonds is 2. The lowest BCUT2D eigenvalue weighted by Crippen LogP contribution is -2.42. The van der Waals surface area contributed by atoms with Gasteiger partial charge >= 0.3 is 0 Å². The molecule has 3 rings (SSSR count). The minimum Gasteiger partial charge on any atom is -0.349 e. The number of carbonyl (C=O) groups is 1. The number of carbonyl (C=O) groups excluding carboxylic acids is 1. The standard InChI is InChI=1S/C13H16N4O/c18-13(17-9-4-6-14-7-5-9)10-2-1-3-11-12(10)16-8-15-11/h1-3,8-9,14H,4-7H2,(H,15,16)(H,17,18). The molecule has 0 unspecified atom stereocenters. The molecule has 2 aromatic rings. The minimum atomic E-state index is -0.0281. The van der Waals surface area contributed by atoms with Crippen LogP contribution in [-0.4, -0.2) is 35.0 Å². The molecule has 0 bridgehead atoms. The zero-order chi connectivity index (χ0) is 12.4. The van der Waals surface area contributed by atoms with Crippen molar-refractivity contribution in [2.45, 2.75) is 18.9 Å². The Morgan fingerprint density at radius 2 is 2.17 bits per heavy atom. The van der Waals surface area contributed by atoms with E-state index in [4.69, 9.17) is 0 Å². The summed E-state index contributed by atoms with van der Waals surface area (Å²) in [6.07, 6.45) is 3.59. The molecule has 94 valence electrons. The highest BCUT2D eigenvalue weighted by Crippen LogP contribution is 2.15. The zero-order valence-electron chi connectivity index (χ0n) is 10.1. The van der Waals surface area contributed by atoms with Gasteiger partial charge < -0.3 is 15.6 Å². The van der Waals surface area contributed by atoms with E-state index in [0.29, 0.717) is 5.56 Å². The summed E-state index contributed by atoms with van der Waals surface area (Å²) >= 11 is 0. The Morgan fingerprint density at radius 3 is 3.00 bits per heavy atom. The maximum atomic E-state index is 12.2. The molecule has 1 amide bonds. The molecule has 1 aliphatic rings. The average Bonchev–Trinajstić information content (AvgIpc) is 2.87. The molecular weight excluding hydrogens is 228 g/mol. The van der Waals surface area contributed by atoms with E-state index in [-0.39, 0.29) is 11.9 Å². The van der Waals surface area contributed by atoms with E-state index in [1.807, 2.05) is 18.2 Å². The maximum absolute atomic E-state index is 12.2. The molecule has 1 saturated heterocycles. The van der Waals surface area contributed by atoms with Gasteiger partial charge in [0.25, 0.3) is 5.91 Å². The Hall–Kier alpha value is -1.88. The van der Waals surface area contributed by atoms with Gasteiger partial charge in [-0.25, -0.2) is 4.98 Å². The van der Waals surface area contributed by atoms with Gasteiger partial charge in [-0.3, -0.25) is 4.79 Å². The third-order valence-electron chi connectivity index (χ3n) is 3.37. The molecule has 2 heterocycles. The van der Waals surface area contributed by atoms with Crippen LogP contribution in [-0.2, 0) is 0 Å². The summed E-state index contributed by atoms with van der Waals surface area (Å²) in [6, 6.07) is 5.88. The first kappa shape index (κ1) is 11.2. The van der Waals surface area contributed by atoms with Gasteiger partial charge in [-0.1, -0.05) is 6.07 Å². The highest BCUT2D eigenvalue weighted by Gasteiger charge is 2.18. The lowest BCUT2D eigenvalue weighted by molar-refractivity contribution is 0.0931. The van der Waals surface area contributed by atoms with Gasteiger partial charge in [0.05, 0.1) is 17.4 Å². The maximum Gasteiger partial charge on any atom is 0.253 e. The van der Waals surface area contributed by atoms with Gasteiger partial charge in [0.2, 0.25) is 0 Å². The fourth-order valence-corrected chi connectivity index (χ4v) is 2.38. The number of imidazole rings is 1. The topological polar surface area (TPSA) is 69.8 Å². The minimum absolute atomic E-state index is 0.0281. The first-order valence-corrected chi connectivity index (χ1v) is 6.28. The number of fused-ring (bicyclic) bond motifs is 1. The van der Waals surface area contributed by atoms with Gasteiger partial charge in [-0.2, -0.15) is 0 Å². The number of benzene rings is 1. The number of para-hydroxylation sites is 1. The van der Waals surface area contributed by atoms with Gasteiger partial charge in [0, 0.05) is 6.04 Å². The summed E-state index contributed by atoms with van der Waals surface area (Å²) in [5.74, 6) is -0.0281. The smallest absolute Gasteiger partial charge is 0.253 e. The molecule has 5 nitrogen and oxygen atoms in total. The molecule has 0 spiro atoms. The summed E-state index contributed by atoms with van der Waals surface area (Å²) in [4.78, 5) is 19.5. The van der Waals surface area contributed by atoms with Crippen LogP contribution in [0.4, 0.5) is 0 Å². The van der Waals surface area contributed by atoms with E-state index < -0.39 is 0 Å². The predicted molar refractivity (Wildman–Crippen MR) is 69.5 cm³/mol. The molecule has 0 radical (unpaired) electrons. The van der Waals surface area contributed by atoms with Gasteiger partial charge in [-0.15, -0.1) is 0 Å². The molecule has 0 saturated carbocycles. The number of amides is 1. The second-order valence-electron chi connectivity index (χ2n) is 4.60. The summed E-state index contributed by atoms with van der Waals surface area (Å²) in [7, 11) is 0. The Balaban J connectivity index is 1.81. The number of aromatic nitrogens is 2. The lowest BCUT2D eigenvalue weighted by atomic mass is 10.1. The Bertz CT molecular complexity index is 557. The van der Waals surface area contributed by atoms with Crippen LogP contribution in [0.25, 0.3) is 11.0 Å². The van der Waals surface area contributed by atoms with Gasteiger partial charge in [-0.05, 0) is 38.1 Å². The molecule has 0 aliphatic carbocycles. The molecule has 5 heteroatoms. The van der Waals surface area contributed by atoms with Crippen molar-refractivity contribution >= 4 is 16.9 Å².